The van der Waals surface area contributed by atoms with Gasteiger partial charge in [-0.1, -0.05) is 26.8 Å². The lowest BCUT2D eigenvalue weighted by Crippen LogP contribution is -2.37. The highest BCUT2D eigenvalue weighted by Gasteiger charge is 2.50. The quantitative estimate of drug-likeness (QED) is 0.905. The van der Waals surface area contributed by atoms with Crippen LogP contribution < -0.4 is 5.32 Å². The zero-order chi connectivity index (χ0) is 16.8. The minimum Gasteiger partial charge on any atom is -0.335 e. The minimum atomic E-state index is -0.124. The van der Waals surface area contributed by atoms with Crippen molar-refractivity contribution in [2.75, 3.05) is 11.9 Å². The summed E-state index contributed by atoms with van der Waals surface area (Å²) in [5.41, 5.74) is 1.87. The summed E-state index contributed by atoms with van der Waals surface area (Å²) < 4.78 is 0. The Morgan fingerprint density at radius 2 is 1.96 bits per heavy atom. The highest BCUT2D eigenvalue weighted by molar-refractivity contribution is 5.97. The van der Waals surface area contributed by atoms with E-state index in [-0.39, 0.29) is 17.2 Å². The Kier molecular flexibility index (Phi) is 3.74. The first-order valence-electron chi connectivity index (χ1n) is 8.36. The van der Waals surface area contributed by atoms with E-state index < -0.39 is 0 Å². The van der Waals surface area contributed by atoms with Crippen molar-refractivity contribution in [1.29, 1.82) is 0 Å². The summed E-state index contributed by atoms with van der Waals surface area (Å²) in [5, 5.41) is 2.75. The maximum absolute atomic E-state index is 13.0. The molecule has 2 aliphatic rings. The third kappa shape index (κ3) is 3.26. The zero-order valence-electron chi connectivity index (χ0n) is 14.5. The number of hydrogen-bond donors (Lipinski definition) is 1. The second kappa shape index (κ2) is 5.36. The molecule has 4 nitrogen and oxygen atoms in total. The maximum Gasteiger partial charge on any atom is 0.254 e. The van der Waals surface area contributed by atoms with Gasteiger partial charge in [0.2, 0.25) is 5.91 Å². The molecule has 1 aliphatic heterocycles. The van der Waals surface area contributed by atoms with Crippen LogP contribution in [0.25, 0.3) is 0 Å². The third-order valence-corrected chi connectivity index (χ3v) is 5.11. The summed E-state index contributed by atoms with van der Waals surface area (Å²) in [7, 11) is 0. The molecule has 1 N–H and O–H groups in total. The molecule has 1 saturated heterocycles. The van der Waals surface area contributed by atoms with E-state index in [1.165, 1.54) is 13.3 Å². The molecule has 0 radical (unpaired) electrons. The Hall–Kier alpha value is -1.84. The highest BCUT2D eigenvalue weighted by Crippen LogP contribution is 2.52. The van der Waals surface area contributed by atoms with Crippen LogP contribution in [0.3, 0.4) is 0 Å². The average Bonchev–Trinajstić information content (AvgIpc) is 2.66. The number of hydrogen-bond acceptors (Lipinski definition) is 2. The molecule has 1 saturated carbocycles. The maximum atomic E-state index is 13.0. The smallest absolute Gasteiger partial charge is 0.254 e. The van der Waals surface area contributed by atoms with Gasteiger partial charge < -0.3 is 10.2 Å². The van der Waals surface area contributed by atoms with Crippen LogP contribution >= 0.6 is 0 Å². The number of rotatable bonds is 2. The van der Waals surface area contributed by atoms with Crippen LogP contribution in [0.1, 0.15) is 57.3 Å². The fourth-order valence-electron chi connectivity index (χ4n) is 4.80. The molecule has 2 amide bonds. The van der Waals surface area contributed by atoms with Gasteiger partial charge in [-0.15, -0.1) is 0 Å². The third-order valence-electron chi connectivity index (χ3n) is 5.11. The molecular weight excluding hydrogens is 288 g/mol. The van der Waals surface area contributed by atoms with Crippen LogP contribution in [-0.4, -0.2) is 29.3 Å². The molecule has 3 rings (SSSR count). The van der Waals surface area contributed by atoms with Crippen molar-refractivity contribution in [3.05, 3.63) is 29.8 Å². The topological polar surface area (TPSA) is 49.4 Å². The molecule has 2 unspecified atom stereocenters. The SMILES string of the molecule is CC(=O)Nc1cccc(C(=O)N2CC3(C)CC2CC(C)(C)C3)c1. The predicted octanol–water partition coefficient (Wildman–Crippen LogP) is 3.69. The Balaban J connectivity index is 1.83. The summed E-state index contributed by atoms with van der Waals surface area (Å²) in [6.07, 6.45) is 3.35. The number of nitrogens with zero attached hydrogens (tertiary/aromatic N) is 1. The van der Waals surface area contributed by atoms with E-state index in [0.717, 1.165) is 19.4 Å². The summed E-state index contributed by atoms with van der Waals surface area (Å²) in [6.45, 7) is 9.23. The van der Waals surface area contributed by atoms with Crippen LogP contribution in [0, 0.1) is 10.8 Å². The lowest BCUT2D eigenvalue weighted by Gasteiger charge is -2.39. The number of fused-ring (bicyclic) bond motifs is 2. The van der Waals surface area contributed by atoms with Gasteiger partial charge in [0.05, 0.1) is 0 Å². The van der Waals surface area contributed by atoms with E-state index in [0.29, 0.717) is 22.7 Å². The van der Waals surface area contributed by atoms with Crippen LogP contribution in [0.2, 0.25) is 0 Å². The summed E-state index contributed by atoms with van der Waals surface area (Å²) in [6, 6.07) is 7.58. The zero-order valence-corrected chi connectivity index (χ0v) is 14.5. The molecule has 4 heteroatoms. The van der Waals surface area contributed by atoms with Crippen molar-refractivity contribution >= 4 is 17.5 Å². The number of anilines is 1. The first kappa shape index (κ1) is 16.0. The van der Waals surface area contributed by atoms with Gasteiger partial charge in [0.1, 0.15) is 0 Å². The normalized spacial score (nSPS) is 28.5. The molecular formula is C19H26N2O2. The van der Waals surface area contributed by atoms with Gasteiger partial charge in [-0.05, 0) is 48.3 Å². The molecule has 1 heterocycles. The van der Waals surface area contributed by atoms with Crippen molar-refractivity contribution in [2.24, 2.45) is 10.8 Å². The van der Waals surface area contributed by atoms with E-state index in [2.05, 4.69) is 31.0 Å². The van der Waals surface area contributed by atoms with Crippen molar-refractivity contribution in [2.45, 2.75) is 53.0 Å². The van der Waals surface area contributed by atoms with E-state index in [9.17, 15) is 9.59 Å². The van der Waals surface area contributed by atoms with E-state index in [1.807, 2.05) is 18.2 Å². The molecule has 2 fully saturated rings. The summed E-state index contributed by atoms with van der Waals surface area (Å²) >= 11 is 0. The van der Waals surface area contributed by atoms with E-state index in [4.69, 9.17) is 0 Å². The number of amides is 2. The van der Waals surface area contributed by atoms with Crippen molar-refractivity contribution in [1.82, 2.24) is 4.90 Å². The van der Waals surface area contributed by atoms with Gasteiger partial charge in [0, 0.05) is 30.8 Å². The standard InChI is InChI=1S/C19H26N2O2/c1-13(22)20-15-7-5-6-14(8-15)17(23)21-12-19(4)10-16(21)9-18(2,3)11-19/h5-8,16H,9-12H2,1-4H3,(H,20,22). The lowest BCUT2D eigenvalue weighted by molar-refractivity contribution is -0.114. The first-order valence-corrected chi connectivity index (χ1v) is 8.36. The fraction of sp³-hybridized carbons (Fsp3) is 0.579. The predicted molar refractivity (Wildman–Crippen MR) is 91.3 cm³/mol. The Labute approximate surface area is 138 Å². The number of likely N-dealkylation sites (tertiary alicyclic amines) is 1. The van der Waals surface area contributed by atoms with Crippen LogP contribution in [0.15, 0.2) is 24.3 Å². The molecule has 1 aliphatic carbocycles. The van der Waals surface area contributed by atoms with E-state index in [1.54, 1.807) is 6.07 Å². The number of carbonyl (C=O) groups excluding carboxylic acids is 2. The number of benzene rings is 1. The largest absolute Gasteiger partial charge is 0.335 e. The van der Waals surface area contributed by atoms with Crippen LogP contribution in [0.4, 0.5) is 5.69 Å². The average molecular weight is 314 g/mol. The van der Waals surface area contributed by atoms with Gasteiger partial charge in [0.25, 0.3) is 5.91 Å². The lowest BCUT2D eigenvalue weighted by atomic mass is 9.65. The molecule has 2 bridgehead atoms. The molecule has 1 aromatic carbocycles. The van der Waals surface area contributed by atoms with Gasteiger partial charge >= 0.3 is 0 Å². The van der Waals surface area contributed by atoms with Crippen molar-refractivity contribution < 1.29 is 9.59 Å². The molecule has 124 valence electrons. The molecule has 0 aromatic heterocycles. The Bertz CT molecular complexity index is 653. The molecule has 23 heavy (non-hydrogen) atoms. The first-order chi connectivity index (χ1) is 10.7. The second-order valence-electron chi connectivity index (χ2n) is 8.41. The second-order valence-corrected chi connectivity index (χ2v) is 8.41. The highest BCUT2D eigenvalue weighted by atomic mass is 16.2. The summed E-state index contributed by atoms with van der Waals surface area (Å²) in [5.74, 6) is -0.0375. The van der Waals surface area contributed by atoms with Gasteiger partial charge in [-0.2, -0.15) is 0 Å². The Morgan fingerprint density at radius 3 is 2.65 bits per heavy atom. The summed E-state index contributed by atoms with van der Waals surface area (Å²) in [4.78, 5) is 26.3. The fourth-order valence-corrected chi connectivity index (χ4v) is 4.80. The van der Waals surface area contributed by atoms with E-state index >= 15 is 0 Å². The van der Waals surface area contributed by atoms with Crippen LogP contribution in [-0.2, 0) is 4.79 Å². The van der Waals surface area contributed by atoms with Crippen LogP contribution in [0.5, 0.6) is 0 Å². The monoisotopic (exact) mass is 314 g/mol. The van der Waals surface area contributed by atoms with Gasteiger partial charge in [-0.3, -0.25) is 9.59 Å². The molecule has 2 atom stereocenters. The number of carbonyl (C=O) groups is 2. The number of nitrogens with one attached hydrogen (secondary N) is 1. The van der Waals surface area contributed by atoms with Gasteiger partial charge in [0.15, 0.2) is 0 Å². The minimum absolute atomic E-state index is 0.0867. The van der Waals surface area contributed by atoms with Crippen molar-refractivity contribution in [3.63, 3.8) is 0 Å². The van der Waals surface area contributed by atoms with Crippen molar-refractivity contribution in [3.8, 4) is 0 Å². The van der Waals surface area contributed by atoms with Gasteiger partial charge in [-0.25, -0.2) is 0 Å². The molecule has 1 aromatic rings. The molecule has 0 spiro atoms. The Morgan fingerprint density at radius 1 is 1.22 bits per heavy atom.